The lowest BCUT2D eigenvalue weighted by Gasteiger charge is -2.36. The SMILES string of the molecule is CC(C(=O)NN)N1CCN(CCO)CC1. The fourth-order valence-corrected chi connectivity index (χ4v) is 1.80. The molecule has 0 bridgehead atoms. The number of aliphatic hydroxyl groups is 1. The number of nitrogens with one attached hydrogen (secondary N) is 1. The van der Waals surface area contributed by atoms with Gasteiger partial charge >= 0.3 is 0 Å². The number of nitrogens with zero attached hydrogens (tertiary/aromatic N) is 2. The highest BCUT2D eigenvalue weighted by Gasteiger charge is 2.24. The van der Waals surface area contributed by atoms with Crippen LogP contribution in [0.15, 0.2) is 0 Å². The van der Waals surface area contributed by atoms with Gasteiger partial charge in [-0.05, 0) is 6.92 Å². The molecule has 1 amide bonds. The molecule has 1 aliphatic rings. The van der Waals surface area contributed by atoms with Gasteiger partial charge in [0.2, 0.25) is 0 Å². The molecule has 1 aliphatic heterocycles. The number of amides is 1. The van der Waals surface area contributed by atoms with E-state index in [1.165, 1.54) is 0 Å². The quantitative estimate of drug-likeness (QED) is 0.287. The van der Waals surface area contributed by atoms with Gasteiger partial charge in [-0.2, -0.15) is 0 Å². The molecule has 6 heteroatoms. The van der Waals surface area contributed by atoms with Crippen molar-refractivity contribution in [2.45, 2.75) is 13.0 Å². The lowest BCUT2D eigenvalue weighted by molar-refractivity contribution is -0.126. The second-order valence-corrected chi connectivity index (χ2v) is 3.79. The Balaban J connectivity index is 2.33. The number of carbonyl (C=O) groups excluding carboxylic acids is 1. The zero-order chi connectivity index (χ0) is 11.3. The van der Waals surface area contributed by atoms with Crippen molar-refractivity contribution < 1.29 is 9.90 Å². The van der Waals surface area contributed by atoms with Crippen molar-refractivity contribution in [3.63, 3.8) is 0 Å². The molecule has 0 spiro atoms. The minimum atomic E-state index is -0.175. The molecule has 0 radical (unpaired) electrons. The van der Waals surface area contributed by atoms with E-state index in [-0.39, 0.29) is 18.6 Å². The van der Waals surface area contributed by atoms with Gasteiger partial charge in [-0.1, -0.05) is 0 Å². The second-order valence-electron chi connectivity index (χ2n) is 3.79. The highest BCUT2D eigenvalue weighted by molar-refractivity contribution is 5.80. The molecule has 1 rings (SSSR count). The van der Waals surface area contributed by atoms with Crippen LogP contribution in [-0.2, 0) is 4.79 Å². The standard InChI is InChI=1S/C9H20N4O2/c1-8(9(15)11-10)13-4-2-12(3-5-13)6-7-14/h8,14H,2-7,10H2,1H3,(H,11,15). The zero-order valence-corrected chi connectivity index (χ0v) is 9.15. The smallest absolute Gasteiger partial charge is 0.250 e. The van der Waals surface area contributed by atoms with E-state index in [1.807, 2.05) is 6.92 Å². The average Bonchev–Trinajstić information content (AvgIpc) is 2.28. The maximum Gasteiger partial charge on any atom is 0.250 e. The lowest BCUT2D eigenvalue weighted by Crippen LogP contribution is -2.55. The highest BCUT2D eigenvalue weighted by Crippen LogP contribution is 2.05. The number of β-amino-alcohol motifs (C(OH)–C–C–N with tert-alkyl or cyclic N) is 1. The summed E-state index contributed by atoms with van der Waals surface area (Å²) in [6, 6.07) is -0.175. The molecule has 1 saturated heterocycles. The zero-order valence-electron chi connectivity index (χ0n) is 9.15. The van der Waals surface area contributed by atoms with Crippen LogP contribution in [0.3, 0.4) is 0 Å². The van der Waals surface area contributed by atoms with Crippen molar-refractivity contribution in [1.29, 1.82) is 0 Å². The Hall–Kier alpha value is -0.690. The van der Waals surface area contributed by atoms with Gasteiger partial charge in [0.05, 0.1) is 12.6 Å². The predicted octanol–water partition coefficient (Wildman–Crippen LogP) is -2.03. The number of hydrogen-bond acceptors (Lipinski definition) is 5. The molecule has 1 fully saturated rings. The summed E-state index contributed by atoms with van der Waals surface area (Å²) in [7, 11) is 0. The van der Waals surface area contributed by atoms with Gasteiger partial charge in [0, 0.05) is 32.7 Å². The topological polar surface area (TPSA) is 81.8 Å². The first kappa shape index (κ1) is 12.4. The Kier molecular flexibility index (Phi) is 4.97. The fraction of sp³-hybridized carbons (Fsp3) is 0.889. The van der Waals surface area contributed by atoms with Gasteiger partial charge in [0.25, 0.3) is 5.91 Å². The molecular formula is C9H20N4O2. The van der Waals surface area contributed by atoms with E-state index in [0.717, 1.165) is 26.2 Å². The van der Waals surface area contributed by atoms with Crippen LogP contribution in [0.1, 0.15) is 6.92 Å². The Morgan fingerprint density at radius 2 is 2.07 bits per heavy atom. The molecule has 0 aromatic rings. The van der Waals surface area contributed by atoms with Gasteiger partial charge in [0.15, 0.2) is 0 Å². The van der Waals surface area contributed by atoms with Crippen molar-refractivity contribution >= 4 is 5.91 Å². The van der Waals surface area contributed by atoms with Crippen molar-refractivity contribution in [2.75, 3.05) is 39.3 Å². The van der Waals surface area contributed by atoms with Gasteiger partial charge in [-0.3, -0.25) is 20.0 Å². The number of carbonyl (C=O) groups is 1. The van der Waals surface area contributed by atoms with Crippen LogP contribution in [0.4, 0.5) is 0 Å². The van der Waals surface area contributed by atoms with Crippen LogP contribution in [-0.4, -0.2) is 66.2 Å². The van der Waals surface area contributed by atoms with E-state index in [9.17, 15) is 4.79 Å². The molecule has 1 atom stereocenters. The molecule has 6 nitrogen and oxygen atoms in total. The number of rotatable bonds is 4. The summed E-state index contributed by atoms with van der Waals surface area (Å²) in [4.78, 5) is 15.6. The normalized spacial score (nSPS) is 21.3. The van der Waals surface area contributed by atoms with E-state index < -0.39 is 0 Å². The van der Waals surface area contributed by atoms with Crippen LogP contribution < -0.4 is 11.3 Å². The highest BCUT2D eigenvalue weighted by atomic mass is 16.3. The fourth-order valence-electron chi connectivity index (χ4n) is 1.80. The Morgan fingerprint density at radius 1 is 1.47 bits per heavy atom. The number of aliphatic hydroxyl groups excluding tert-OH is 1. The van der Waals surface area contributed by atoms with Gasteiger partial charge in [-0.15, -0.1) is 0 Å². The molecule has 15 heavy (non-hydrogen) atoms. The van der Waals surface area contributed by atoms with E-state index in [4.69, 9.17) is 10.9 Å². The van der Waals surface area contributed by atoms with Gasteiger partial charge in [0.1, 0.15) is 0 Å². The van der Waals surface area contributed by atoms with Crippen LogP contribution in [0.25, 0.3) is 0 Å². The summed E-state index contributed by atoms with van der Waals surface area (Å²) in [5.41, 5.74) is 2.16. The second kappa shape index (κ2) is 6.02. The molecule has 0 aromatic carbocycles. The van der Waals surface area contributed by atoms with E-state index in [1.54, 1.807) is 0 Å². The number of nitrogens with two attached hydrogens (primary N) is 1. The van der Waals surface area contributed by atoms with E-state index in [0.29, 0.717) is 6.54 Å². The van der Waals surface area contributed by atoms with Crippen molar-refractivity contribution in [2.24, 2.45) is 5.84 Å². The molecule has 1 heterocycles. The summed E-state index contributed by atoms with van der Waals surface area (Å²) < 4.78 is 0. The van der Waals surface area contributed by atoms with E-state index >= 15 is 0 Å². The van der Waals surface area contributed by atoms with Crippen molar-refractivity contribution in [3.8, 4) is 0 Å². The Bertz CT molecular complexity index is 204. The Morgan fingerprint density at radius 3 is 2.53 bits per heavy atom. The van der Waals surface area contributed by atoms with Gasteiger partial charge in [-0.25, -0.2) is 5.84 Å². The summed E-state index contributed by atoms with van der Waals surface area (Å²) >= 11 is 0. The first-order chi connectivity index (χ1) is 7.19. The maximum absolute atomic E-state index is 11.3. The first-order valence-electron chi connectivity index (χ1n) is 5.26. The number of hydrogen-bond donors (Lipinski definition) is 3. The van der Waals surface area contributed by atoms with Crippen molar-refractivity contribution in [1.82, 2.24) is 15.2 Å². The maximum atomic E-state index is 11.3. The molecular weight excluding hydrogens is 196 g/mol. The summed E-state index contributed by atoms with van der Waals surface area (Å²) in [6.07, 6.45) is 0. The molecule has 88 valence electrons. The minimum Gasteiger partial charge on any atom is -0.395 e. The van der Waals surface area contributed by atoms with Crippen molar-refractivity contribution in [3.05, 3.63) is 0 Å². The lowest BCUT2D eigenvalue weighted by atomic mass is 10.2. The number of hydrazine groups is 1. The van der Waals surface area contributed by atoms with Crippen LogP contribution in [0, 0.1) is 0 Å². The van der Waals surface area contributed by atoms with E-state index in [2.05, 4.69) is 15.2 Å². The monoisotopic (exact) mass is 216 g/mol. The largest absolute Gasteiger partial charge is 0.395 e. The third-order valence-corrected chi connectivity index (χ3v) is 2.89. The molecule has 1 unspecified atom stereocenters. The molecule has 0 aromatic heterocycles. The minimum absolute atomic E-state index is 0.148. The first-order valence-corrected chi connectivity index (χ1v) is 5.26. The van der Waals surface area contributed by atoms with Gasteiger partial charge < -0.3 is 5.11 Å². The average molecular weight is 216 g/mol. The third kappa shape index (κ3) is 3.42. The molecule has 0 saturated carbocycles. The summed E-state index contributed by atoms with van der Waals surface area (Å²) in [5, 5.41) is 8.78. The summed E-state index contributed by atoms with van der Waals surface area (Å²) in [5.74, 6) is 4.94. The Labute approximate surface area is 90.0 Å². The van der Waals surface area contributed by atoms with Crippen LogP contribution in [0.2, 0.25) is 0 Å². The predicted molar refractivity (Wildman–Crippen MR) is 56.9 cm³/mol. The summed E-state index contributed by atoms with van der Waals surface area (Å²) in [6.45, 7) is 6.22. The molecule has 0 aliphatic carbocycles. The third-order valence-electron chi connectivity index (χ3n) is 2.89. The number of piperazine rings is 1. The molecule has 4 N–H and O–H groups in total. The van der Waals surface area contributed by atoms with Crippen LogP contribution >= 0.6 is 0 Å². The van der Waals surface area contributed by atoms with Crippen LogP contribution in [0.5, 0.6) is 0 Å².